The molecule has 6 nitrogen and oxygen atoms in total. The van der Waals surface area contributed by atoms with Gasteiger partial charge in [0.25, 0.3) is 0 Å². The van der Waals surface area contributed by atoms with Crippen LogP contribution in [0.3, 0.4) is 0 Å². The molecule has 2 rings (SSSR count). The van der Waals surface area contributed by atoms with Gasteiger partial charge in [0.1, 0.15) is 0 Å². The van der Waals surface area contributed by atoms with Crippen LogP contribution in [-0.2, 0) is 0 Å². The summed E-state index contributed by atoms with van der Waals surface area (Å²) in [5.41, 5.74) is 3.84. The van der Waals surface area contributed by atoms with Crippen molar-refractivity contribution in [2.45, 2.75) is 13.3 Å². The number of ether oxygens (including phenoxy) is 2. The molecule has 0 heterocycles. The first-order chi connectivity index (χ1) is 11.7. The molecular formula is C18H21N3O3. The quantitative estimate of drug-likeness (QED) is 0.602. The van der Waals surface area contributed by atoms with E-state index in [2.05, 4.69) is 15.8 Å². The maximum atomic E-state index is 11.8. The average molecular weight is 327 g/mol. The molecule has 126 valence electrons. The van der Waals surface area contributed by atoms with Crippen molar-refractivity contribution in [2.75, 3.05) is 19.0 Å². The van der Waals surface area contributed by atoms with E-state index in [4.69, 9.17) is 9.47 Å². The minimum Gasteiger partial charge on any atom is -0.493 e. The molecular weight excluding hydrogens is 306 g/mol. The summed E-state index contributed by atoms with van der Waals surface area (Å²) in [5, 5.41) is 6.64. The van der Waals surface area contributed by atoms with Crippen LogP contribution in [0.2, 0.25) is 0 Å². The summed E-state index contributed by atoms with van der Waals surface area (Å²) in [7, 11) is 1.58. The van der Waals surface area contributed by atoms with Crippen molar-refractivity contribution in [3.05, 3.63) is 54.1 Å². The maximum absolute atomic E-state index is 11.8. The Labute approximate surface area is 141 Å². The molecule has 0 unspecified atom stereocenters. The molecule has 0 saturated carbocycles. The Morgan fingerprint density at radius 1 is 1.17 bits per heavy atom. The summed E-state index contributed by atoms with van der Waals surface area (Å²) >= 11 is 0. The minimum absolute atomic E-state index is 0.420. The van der Waals surface area contributed by atoms with E-state index in [1.54, 1.807) is 19.2 Å². The third-order valence-corrected chi connectivity index (χ3v) is 3.08. The molecule has 2 aromatic rings. The standard InChI is InChI=1S/C18H21N3O3/c1-3-12-24-17-14(8-7-11-16(17)23-2)13-19-21-18(22)20-15-9-5-4-6-10-15/h4-11,13H,3,12H2,1-2H3,(H2,20,21,22)/b19-13+. The molecule has 0 radical (unpaired) electrons. The van der Waals surface area contributed by atoms with Crippen molar-refractivity contribution in [1.29, 1.82) is 0 Å². The van der Waals surface area contributed by atoms with Gasteiger partial charge in [-0.2, -0.15) is 5.10 Å². The van der Waals surface area contributed by atoms with Crippen LogP contribution in [0, 0.1) is 0 Å². The average Bonchev–Trinajstić information content (AvgIpc) is 2.61. The molecule has 2 N–H and O–H groups in total. The topological polar surface area (TPSA) is 72.0 Å². The van der Waals surface area contributed by atoms with Crippen LogP contribution in [0.15, 0.2) is 53.6 Å². The summed E-state index contributed by atoms with van der Waals surface area (Å²) in [6, 6.07) is 14.2. The van der Waals surface area contributed by atoms with E-state index in [-0.39, 0.29) is 0 Å². The van der Waals surface area contributed by atoms with Gasteiger partial charge in [0.05, 0.1) is 19.9 Å². The molecule has 2 aromatic carbocycles. The van der Waals surface area contributed by atoms with Crippen molar-refractivity contribution in [3.63, 3.8) is 0 Å². The van der Waals surface area contributed by atoms with Gasteiger partial charge in [-0.25, -0.2) is 10.2 Å². The molecule has 0 aliphatic carbocycles. The predicted molar refractivity (Wildman–Crippen MR) is 95.0 cm³/mol. The van der Waals surface area contributed by atoms with Crippen LogP contribution in [0.5, 0.6) is 11.5 Å². The summed E-state index contributed by atoms with van der Waals surface area (Å²) in [6.45, 7) is 2.60. The Balaban J connectivity index is 2.01. The molecule has 0 aliphatic heterocycles. The lowest BCUT2D eigenvalue weighted by atomic mass is 10.2. The number of rotatable bonds is 7. The van der Waals surface area contributed by atoms with E-state index in [9.17, 15) is 4.79 Å². The second kappa shape index (κ2) is 9.19. The lowest BCUT2D eigenvalue weighted by molar-refractivity contribution is 0.252. The zero-order valence-electron chi connectivity index (χ0n) is 13.8. The van der Waals surface area contributed by atoms with Crippen LogP contribution in [0.4, 0.5) is 10.5 Å². The number of carbonyl (C=O) groups excluding carboxylic acids is 1. The van der Waals surface area contributed by atoms with E-state index < -0.39 is 6.03 Å². The minimum atomic E-state index is -0.420. The fraction of sp³-hybridized carbons (Fsp3) is 0.222. The first kappa shape index (κ1) is 17.3. The van der Waals surface area contributed by atoms with Gasteiger partial charge in [-0.1, -0.05) is 31.2 Å². The van der Waals surface area contributed by atoms with Gasteiger partial charge in [-0.05, 0) is 30.7 Å². The molecule has 0 fully saturated rings. The third-order valence-electron chi connectivity index (χ3n) is 3.08. The number of para-hydroxylation sites is 2. The van der Waals surface area contributed by atoms with Gasteiger partial charge in [-0.15, -0.1) is 0 Å². The SMILES string of the molecule is CCCOc1c(/C=N/NC(=O)Nc2ccccc2)cccc1OC. The zero-order chi connectivity index (χ0) is 17.2. The first-order valence-electron chi connectivity index (χ1n) is 7.69. The summed E-state index contributed by atoms with van der Waals surface area (Å²) in [5.74, 6) is 1.23. The monoisotopic (exact) mass is 327 g/mol. The van der Waals surface area contributed by atoms with Gasteiger partial charge in [-0.3, -0.25) is 0 Å². The lowest BCUT2D eigenvalue weighted by Crippen LogP contribution is -2.24. The van der Waals surface area contributed by atoms with Crippen molar-refractivity contribution in [2.24, 2.45) is 5.10 Å². The van der Waals surface area contributed by atoms with Gasteiger partial charge in [0.15, 0.2) is 11.5 Å². The van der Waals surface area contributed by atoms with Crippen molar-refractivity contribution in [1.82, 2.24) is 5.43 Å². The Kier molecular flexibility index (Phi) is 6.64. The van der Waals surface area contributed by atoms with E-state index >= 15 is 0 Å². The fourth-order valence-electron chi connectivity index (χ4n) is 1.99. The molecule has 2 amide bonds. The highest BCUT2D eigenvalue weighted by Crippen LogP contribution is 2.30. The van der Waals surface area contributed by atoms with Gasteiger partial charge in [0, 0.05) is 11.3 Å². The van der Waals surface area contributed by atoms with Gasteiger partial charge in [0.2, 0.25) is 0 Å². The van der Waals surface area contributed by atoms with Crippen molar-refractivity contribution in [3.8, 4) is 11.5 Å². The number of urea groups is 1. The number of nitrogens with zero attached hydrogens (tertiary/aromatic N) is 1. The second-order valence-electron chi connectivity index (χ2n) is 4.92. The third kappa shape index (κ3) is 5.01. The number of hydrazone groups is 1. The van der Waals surface area contributed by atoms with Crippen molar-refractivity contribution >= 4 is 17.9 Å². The Hall–Kier alpha value is -3.02. The van der Waals surface area contributed by atoms with E-state index in [0.717, 1.165) is 12.0 Å². The maximum Gasteiger partial charge on any atom is 0.339 e. The molecule has 0 bridgehead atoms. The number of amides is 2. The molecule has 0 atom stereocenters. The van der Waals surface area contributed by atoms with E-state index in [1.165, 1.54) is 6.21 Å². The number of benzene rings is 2. The van der Waals surface area contributed by atoms with E-state index in [1.807, 2.05) is 43.3 Å². The first-order valence-corrected chi connectivity index (χ1v) is 7.69. The lowest BCUT2D eigenvalue weighted by Gasteiger charge is -2.12. The van der Waals surface area contributed by atoms with Crippen LogP contribution < -0.4 is 20.2 Å². The molecule has 0 saturated heterocycles. The molecule has 24 heavy (non-hydrogen) atoms. The Morgan fingerprint density at radius 3 is 2.67 bits per heavy atom. The van der Waals surface area contributed by atoms with Crippen LogP contribution in [0.1, 0.15) is 18.9 Å². The zero-order valence-corrected chi connectivity index (χ0v) is 13.8. The number of hydrogen-bond acceptors (Lipinski definition) is 4. The van der Waals surface area contributed by atoms with Gasteiger partial charge >= 0.3 is 6.03 Å². The highest BCUT2D eigenvalue weighted by molar-refractivity contribution is 5.91. The highest BCUT2D eigenvalue weighted by Gasteiger charge is 2.09. The smallest absolute Gasteiger partial charge is 0.339 e. The molecule has 0 aromatic heterocycles. The number of hydrogen-bond donors (Lipinski definition) is 2. The summed E-state index contributed by atoms with van der Waals surface area (Å²) in [4.78, 5) is 11.8. The van der Waals surface area contributed by atoms with Crippen molar-refractivity contribution < 1.29 is 14.3 Å². The normalized spacial score (nSPS) is 10.4. The Morgan fingerprint density at radius 2 is 1.96 bits per heavy atom. The Bertz CT molecular complexity index is 687. The largest absolute Gasteiger partial charge is 0.493 e. The number of carbonyl (C=O) groups is 1. The van der Waals surface area contributed by atoms with Crippen LogP contribution in [0.25, 0.3) is 0 Å². The number of nitrogens with one attached hydrogen (secondary N) is 2. The molecule has 0 spiro atoms. The highest BCUT2D eigenvalue weighted by atomic mass is 16.5. The summed E-state index contributed by atoms with van der Waals surface area (Å²) < 4.78 is 11.0. The van der Waals surface area contributed by atoms with E-state index in [0.29, 0.717) is 23.8 Å². The predicted octanol–water partition coefficient (Wildman–Crippen LogP) is 3.64. The van der Waals surface area contributed by atoms with Gasteiger partial charge < -0.3 is 14.8 Å². The number of anilines is 1. The summed E-state index contributed by atoms with van der Waals surface area (Å²) in [6.07, 6.45) is 2.41. The van der Waals surface area contributed by atoms with Crippen LogP contribution >= 0.6 is 0 Å². The second-order valence-corrected chi connectivity index (χ2v) is 4.92. The number of methoxy groups -OCH3 is 1. The fourth-order valence-corrected chi connectivity index (χ4v) is 1.99. The molecule has 6 heteroatoms. The molecule has 0 aliphatic rings. The van der Waals surface area contributed by atoms with Crippen LogP contribution in [-0.4, -0.2) is 26.0 Å².